The van der Waals surface area contributed by atoms with Gasteiger partial charge in [-0.1, -0.05) is 66.2 Å². The van der Waals surface area contributed by atoms with Gasteiger partial charge in [-0.25, -0.2) is 4.79 Å². The zero-order chi connectivity index (χ0) is 20.5. The second-order valence-electron chi connectivity index (χ2n) is 6.77. The molecule has 0 radical (unpaired) electrons. The molecule has 0 aliphatic carbocycles. The minimum Gasteiger partial charge on any atom is -0.344 e. The van der Waals surface area contributed by atoms with E-state index >= 15 is 0 Å². The normalized spacial score (nSPS) is 11.5. The summed E-state index contributed by atoms with van der Waals surface area (Å²) >= 11 is 1.61. The zero-order valence-electron chi connectivity index (χ0n) is 16.4. The SMILES string of the molecule is Cc1ccc(C(NC(=O)CCNC(=O)NCc2ccccc2)c2cccs2)cc1. The molecule has 1 aromatic heterocycles. The van der Waals surface area contributed by atoms with Gasteiger partial charge >= 0.3 is 6.03 Å². The van der Waals surface area contributed by atoms with Crippen molar-refractivity contribution >= 4 is 23.3 Å². The molecule has 1 unspecified atom stereocenters. The predicted molar refractivity (Wildman–Crippen MR) is 117 cm³/mol. The first-order chi connectivity index (χ1) is 14.1. The lowest BCUT2D eigenvalue weighted by Gasteiger charge is -2.18. The monoisotopic (exact) mass is 407 g/mol. The lowest BCUT2D eigenvalue weighted by molar-refractivity contribution is -0.121. The Hall–Kier alpha value is -3.12. The van der Waals surface area contributed by atoms with E-state index in [9.17, 15) is 9.59 Å². The van der Waals surface area contributed by atoms with Crippen LogP contribution >= 0.6 is 11.3 Å². The van der Waals surface area contributed by atoms with Gasteiger partial charge in [0.1, 0.15) is 0 Å². The van der Waals surface area contributed by atoms with Gasteiger partial charge in [0.05, 0.1) is 6.04 Å². The third kappa shape index (κ3) is 6.47. The number of hydrogen-bond donors (Lipinski definition) is 3. The third-order valence-corrected chi connectivity index (χ3v) is 5.41. The van der Waals surface area contributed by atoms with Crippen LogP contribution in [0.15, 0.2) is 72.1 Å². The summed E-state index contributed by atoms with van der Waals surface area (Å²) in [6.45, 7) is 2.77. The first-order valence-electron chi connectivity index (χ1n) is 9.57. The Kier molecular flexibility index (Phi) is 7.41. The van der Waals surface area contributed by atoms with E-state index in [4.69, 9.17) is 0 Å². The molecule has 3 N–H and O–H groups in total. The zero-order valence-corrected chi connectivity index (χ0v) is 17.2. The van der Waals surface area contributed by atoms with E-state index in [1.807, 2.05) is 79.0 Å². The van der Waals surface area contributed by atoms with Crippen LogP contribution in [0.4, 0.5) is 4.79 Å². The summed E-state index contributed by atoms with van der Waals surface area (Å²) < 4.78 is 0. The number of rotatable bonds is 8. The van der Waals surface area contributed by atoms with Crippen LogP contribution in [0, 0.1) is 6.92 Å². The molecule has 0 spiro atoms. The summed E-state index contributed by atoms with van der Waals surface area (Å²) in [7, 11) is 0. The molecule has 6 heteroatoms. The molecule has 0 fully saturated rings. The topological polar surface area (TPSA) is 70.2 Å². The maximum atomic E-state index is 12.5. The molecule has 1 heterocycles. The van der Waals surface area contributed by atoms with Crippen LogP contribution in [0.3, 0.4) is 0 Å². The van der Waals surface area contributed by atoms with Gasteiger partial charge in [-0.15, -0.1) is 11.3 Å². The van der Waals surface area contributed by atoms with Crippen LogP contribution in [-0.4, -0.2) is 18.5 Å². The lowest BCUT2D eigenvalue weighted by atomic mass is 10.0. The van der Waals surface area contributed by atoms with E-state index in [1.165, 1.54) is 5.56 Å². The van der Waals surface area contributed by atoms with E-state index in [1.54, 1.807) is 11.3 Å². The Balaban J connectivity index is 1.47. The summed E-state index contributed by atoms with van der Waals surface area (Å²) in [5.41, 5.74) is 3.24. The molecule has 29 heavy (non-hydrogen) atoms. The Morgan fingerprint density at radius 2 is 1.69 bits per heavy atom. The van der Waals surface area contributed by atoms with Gasteiger partial charge in [-0.2, -0.15) is 0 Å². The summed E-state index contributed by atoms with van der Waals surface area (Å²) in [6, 6.07) is 21.4. The molecule has 0 saturated carbocycles. The molecular weight excluding hydrogens is 382 g/mol. The number of urea groups is 1. The standard InChI is InChI=1S/C23H25N3O2S/c1-17-9-11-19(12-10-17)22(20-8-5-15-29-20)26-21(27)13-14-24-23(28)25-16-18-6-3-2-4-7-18/h2-12,15,22H,13-14,16H2,1H3,(H,26,27)(H2,24,25,28). The summed E-state index contributed by atoms with van der Waals surface area (Å²) in [6.07, 6.45) is 0.215. The number of amides is 3. The Morgan fingerprint density at radius 1 is 0.931 bits per heavy atom. The average molecular weight is 408 g/mol. The van der Waals surface area contributed by atoms with Crippen LogP contribution in [0.25, 0.3) is 0 Å². The fraction of sp³-hybridized carbons (Fsp3) is 0.217. The molecule has 3 amide bonds. The van der Waals surface area contributed by atoms with Crippen molar-refractivity contribution in [2.24, 2.45) is 0 Å². The molecule has 0 saturated heterocycles. The highest BCUT2D eigenvalue weighted by Gasteiger charge is 2.17. The van der Waals surface area contributed by atoms with E-state index in [-0.39, 0.29) is 30.9 Å². The maximum Gasteiger partial charge on any atom is 0.315 e. The highest BCUT2D eigenvalue weighted by molar-refractivity contribution is 7.10. The van der Waals surface area contributed by atoms with Crippen molar-refractivity contribution in [3.63, 3.8) is 0 Å². The molecule has 2 aromatic carbocycles. The number of hydrogen-bond acceptors (Lipinski definition) is 3. The number of thiophene rings is 1. The number of carbonyl (C=O) groups excluding carboxylic acids is 2. The van der Waals surface area contributed by atoms with Gasteiger partial charge in [-0.05, 0) is 29.5 Å². The van der Waals surface area contributed by atoms with Crippen molar-refractivity contribution in [3.05, 3.63) is 93.7 Å². The second-order valence-corrected chi connectivity index (χ2v) is 7.75. The van der Waals surface area contributed by atoms with Gasteiger partial charge in [0, 0.05) is 24.4 Å². The van der Waals surface area contributed by atoms with Crippen LogP contribution in [0.5, 0.6) is 0 Å². The van der Waals surface area contributed by atoms with Crippen molar-refractivity contribution in [1.29, 1.82) is 0 Å². The van der Waals surface area contributed by atoms with Gasteiger partial charge in [-0.3, -0.25) is 4.79 Å². The van der Waals surface area contributed by atoms with E-state index in [0.29, 0.717) is 6.54 Å². The van der Waals surface area contributed by atoms with Gasteiger partial charge in [0.25, 0.3) is 0 Å². The maximum absolute atomic E-state index is 12.5. The van der Waals surface area contributed by atoms with Crippen LogP contribution in [-0.2, 0) is 11.3 Å². The van der Waals surface area contributed by atoms with Crippen molar-refractivity contribution < 1.29 is 9.59 Å². The average Bonchev–Trinajstić information content (AvgIpc) is 3.27. The quantitative estimate of drug-likeness (QED) is 0.525. The first-order valence-corrected chi connectivity index (χ1v) is 10.4. The predicted octanol–water partition coefficient (Wildman–Crippen LogP) is 4.15. The molecule has 150 valence electrons. The Morgan fingerprint density at radius 3 is 2.38 bits per heavy atom. The number of nitrogens with one attached hydrogen (secondary N) is 3. The van der Waals surface area contributed by atoms with Gasteiger partial charge in [0.15, 0.2) is 0 Å². The van der Waals surface area contributed by atoms with E-state index in [0.717, 1.165) is 16.0 Å². The summed E-state index contributed by atoms with van der Waals surface area (Å²) in [4.78, 5) is 25.5. The van der Waals surface area contributed by atoms with Crippen molar-refractivity contribution in [2.75, 3.05) is 6.54 Å². The lowest BCUT2D eigenvalue weighted by Crippen LogP contribution is -2.38. The summed E-state index contributed by atoms with van der Waals surface area (Å²) in [5.74, 6) is -0.104. The molecular formula is C23H25N3O2S. The summed E-state index contributed by atoms with van der Waals surface area (Å²) in [5, 5.41) is 10.6. The van der Waals surface area contributed by atoms with Crippen LogP contribution in [0.2, 0.25) is 0 Å². The van der Waals surface area contributed by atoms with Crippen molar-refractivity contribution in [2.45, 2.75) is 25.9 Å². The molecule has 0 aliphatic rings. The van der Waals surface area contributed by atoms with Crippen molar-refractivity contribution in [1.82, 2.24) is 16.0 Å². The van der Waals surface area contributed by atoms with Crippen LogP contribution < -0.4 is 16.0 Å². The highest BCUT2D eigenvalue weighted by atomic mass is 32.1. The number of benzene rings is 2. The molecule has 0 bridgehead atoms. The molecule has 3 aromatic rings. The van der Waals surface area contributed by atoms with Crippen molar-refractivity contribution in [3.8, 4) is 0 Å². The molecule has 1 atom stereocenters. The Labute approximate surface area is 175 Å². The molecule has 3 rings (SSSR count). The smallest absolute Gasteiger partial charge is 0.315 e. The molecule has 5 nitrogen and oxygen atoms in total. The molecule has 0 aliphatic heterocycles. The van der Waals surface area contributed by atoms with Gasteiger partial charge in [0.2, 0.25) is 5.91 Å². The number of aryl methyl sites for hydroxylation is 1. The fourth-order valence-corrected chi connectivity index (χ4v) is 3.70. The third-order valence-electron chi connectivity index (χ3n) is 4.48. The Bertz CT molecular complexity index is 909. The second kappa shape index (κ2) is 10.4. The minimum atomic E-state index is -0.282. The first kappa shape index (κ1) is 20.6. The van der Waals surface area contributed by atoms with E-state index in [2.05, 4.69) is 16.0 Å². The largest absolute Gasteiger partial charge is 0.344 e. The van der Waals surface area contributed by atoms with Crippen LogP contribution in [0.1, 0.15) is 34.0 Å². The van der Waals surface area contributed by atoms with Gasteiger partial charge < -0.3 is 16.0 Å². The highest BCUT2D eigenvalue weighted by Crippen LogP contribution is 2.26. The minimum absolute atomic E-state index is 0.104. The number of carbonyl (C=O) groups is 2. The fourth-order valence-electron chi connectivity index (χ4n) is 2.90. The van der Waals surface area contributed by atoms with E-state index < -0.39 is 0 Å².